The summed E-state index contributed by atoms with van der Waals surface area (Å²) in [5.41, 5.74) is 7.85. The van der Waals surface area contributed by atoms with Gasteiger partial charge in [-0.1, -0.05) is 17.4 Å². The van der Waals surface area contributed by atoms with E-state index in [4.69, 9.17) is 5.73 Å². The molecule has 1 heterocycles. The number of aryl methyl sites for hydroxylation is 1. The normalized spacial score (nSPS) is 11.7. The van der Waals surface area contributed by atoms with E-state index in [2.05, 4.69) is 9.71 Å². The minimum absolute atomic E-state index is 0.0485. The molecule has 0 unspecified atom stereocenters. The van der Waals surface area contributed by atoms with E-state index >= 15 is 0 Å². The number of benzene rings is 1. The summed E-state index contributed by atoms with van der Waals surface area (Å²) in [6.45, 7) is 2.21. The van der Waals surface area contributed by atoms with Gasteiger partial charge < -0.3 is 10.7 Å². The molecule has 0 aliphatic rings. The van der Waals surface area contributed by atoms with Crippen LogP contribution in [0.3, 0.4) is 0 Å². The van der Waals surface area contributed by atoms with Crippen molar-refractivity contribution >= 4 is 21.4 Å². The third-order valence-corrected chi connectivity index (χ3v) is 4.99. The van der Waals surface area contributed by atoms with Gasteiger partial charge in [-0.2, -0.15) is 0 Å². The number of hydrogen-bond acceptors (Lipinski definition) is 5. The fraction of sp³-hybridized carbons (Fsp3) is 0.250. The van der Waals surface area contributed by atoms with Crippen LogP contribution in [-0.2, 0) is 23.1 Å². The van der Waals surface area contributed by atoms with E-state index in [1.807, 2.05) is 6.92 Å². The average molecular weight is 313 g/mol. The fourth-order valence-electron chi connectivity index (χ4n) is 1.69. The second kappa shape index (κ2) is 5.88. The highest BCUT2D eigenvalue weighted by atomic mass is 32.2. The third-order valence-electron chi connectivity index (χ3n) is 2.87. The lowest BCUT2D eigenvalue weighted by Gasteiger charge is -2.09. The molecule has 0 amide bonds. The first kappa shape index (κ1) is 14.9. The van der Waals surface area contributed by atoms with Gasteiger partial charge in [0, 0.05) is 17.6 Å². The fourth-order valence-corrected chi connectivity index (χ4v) is 3.33. The Morgan fingerprint density at radius 3 is 2.75 bits per heavy atom. The minimum atomic E-state index is -3.62. The summed E-state index contributed by atoms with van der Waals surface area (Å²) < 4.78 is 26.7. The summed E-state index contributed by atoms with van der Waals surface area (Å²) in [7, 11) is -3.62. The molecule has 108 valence electrons. The highest BCUT2D eigenvalue weighted by molar-refractivity contribution is 7.89. The third kappa shape index (κ3) is 3.34. The summed E-state index contributed by atoms with van der Waals surface area (Å²) in [6, 6.07) is 4.82. The second-order valence-corrected chi connectivity index (χ2v) is 6.90. The van der Waals surface area contributed by atoms with E-state index in [1.54, 1.807) is 17.5 Å². The lowest BCUT2D eigenvalue weighted by Crippen LogP contribution is -2.24. The smallest absolute Gasteiger partial charge is 0.304 e. The molecule has 0 saturated heterocycles. The number of hydrogen-bond donors (Lipinski definition) is 3. The molecule has 8 heteroatoms. The van der Waals surface area contributed by atoms with Gasteiger partial charge in [0.05, 0.1) is 11.4 Å². The number of nitrogens with two attached hydrogens (primary N) is 1. The Morgan fingerprint density at radius 2 is 2.15 bits per heavy atom. The molecular formula is C12H15N3O3S2. The van der Waals surface area contributed by atoms with Gasteiger partial charge in [0.2, 0.25) is 10.0 Å². The molecule has 2 aromatic rings. The highest BCUT2D eigenvalue weighted by Gasteiger charge is 2.15. The summed E-state index contributed by atoms with van der Waals surface area (Å²) in [4.78, 5) is 13.5. The molecular weight excluding hydrogens is 298 g/mol. The predicted molar refractivity (Wildman–Crippen MR) is 78.0 cm³/mol. The first-order chi connectivity index (χ1) is 9.42. The van der Waals surface area contributed by atoms with Gasteiger partial charge in [0.15, 0.2) is 0 Å². The Kier molecular flexibility index (Phi) is 4.39. The number of nitrogens with one attached hydrogen (secondary N) is 2. The van der Waals surface area contributed by atoms with Crippen LogP contribution in [0.25, 0.3) is 0 Å². The topological polar surface area (TPSA) is 105 Å². The molecule has 1 aromatic heterocycles. The summed E-state index contributed by atoms with van der Waals surface area (Å²) >= 11 is 0.996. The van der Waals surface area contributed by atoms with Crippen LogP contribution in [0.5, 0.6) is 0 Å². The Labute approximate surface area is 120 Å². The summed E-state index contributed by atoms with van der Waals surface area (Å²) in [5.74, 6) is 0. The van der Waals surface area contributed by atoms with Gasteiger partial charge >= 0.3 is 4.87 Å². The maximum atomic E-state index is 12.2. The molecule has 0 atom stereocenters. The number of sulfonamides is 1. The quantitative estimate of drug-likeness (QED) is 0.755. The molecule has 4 N–H and O–H groups in total. The number of thiazole rings is 1. The zero-order valence-electron chi connectivity index (χ0n) is 10.8. The molecule has 0 radical (unpaired) electrons. The van der Waals surface area contributed by atoms with Crippen LogP contribution in [0.2, 0.25) is 0 Å². The Morgan fingerprint density at radius 1 is 1.40 bits per heavy atom. The Balaban J connectivity index is 2.19. The number of rotatable bonds is 5. The SMILES string of the molecule is Cc1ccc(S(=O)(=O)NCc2csc(=O)[nH]2)cc1CN. The van der Waals surface area contributed by atoms with Gasteiger partial charge in [0.1, 0.15) is 0 Å². The molecule has 0 aliphatic carbocycles. The van der Waals surface area contributed by atoms with Crippen molar-refractivity contribution < 1.29 is 8.42 Å². The average Bonchev–Trinajstić information content (AvgIpc) is 2.83. The monoisotopic (exact) mass is 313 g/mol. The lowest BCUT2D eigenvalue weighted by atomic mass is 10.1. The molecule has 0 spiro atoms. The van der Waals surface area contributed by atoms with Crippen molar-refractivity contribution in [3.63, 3.8) is 0 Å². The van der Waals surface area contributed by atoms with Gasteiger partial charge in [-0.3, -0.25) is 4.79 Å². The van der Waals surface area contributed by atoms with Crippen molar-refractivity contribution in [3.05, 3.63) is 50.1 Å². The van der Waals surface area contributed by atoms with Crippen molar-refractivity contribution in [1.29, 1.82) is 0 Å². The van der Waals surface area contributed by atoms with Gasteiger partial charge in [0.25, 0.3) is 0 Å². The van der Waals surface area contributed by atoms with E-state index in [0.29, 0.717) is 5.69 Å². The van der Waals surface area contributed by atoms with E-state index < -0.39 is 10.0 Å². The van der Waals surface area contributed by atoms with Crippen molar-refractivity contribution in [1.82, 2.24) is 9.71 Å². The van der Waals surface area contributed by atoms with Crippen LogP contribution < -0.4 is 15.3 Å². The van der Waals surface area contributed by atoms with E-state index in [9.17, 15) is 13.2 Å². The van der Waals surface area contributed by atoms with Crippen LogP contribution in [0, 0.1) is 6.92 Å². The molecule has 1 aromatic carbocycles. The second-order valence-electron chi connectivity index (χ2n) is 4.29. The van der Waals surface area contributed by atoms with Crippen molar-refractivity contribution in [2.75, 3.05) is 0 Å². The van der Waals surface area contributed by atoms with Crippen LogP contribution in [-0.4, -0.2) is 13.4 Å². The minimum Gasteiger partial charge on any atom is -0.326 e. The summed E-state index contributed by atoms with van der Waals surface area (Å²) in [5, 5.41) is 1.59. The van der Waals surface area contributed by atoms with Gasteiger partial charge in [-0.25, -0.2) is 13.1 Å². The van der Waals surface area contributed by atoms with E-state index in [0.717, 1.165) is 22.5 Å². The molecule has 0 fully saturated rings. The van der Waals surface area contributed by atoms with Crippen LogP contribution in [0.1, 0.15) is 16.8 Å². The first-order valence-electron chi connectivity index (χ1n) is 5.88. The van der Waals surface area contributed by atoms with Gasteiger partial charge in [-0.05, 0) is 30.2 Å². The molecule has 2 rings (SSSR count). The predicted octanol–water partition coefficient (Wildman–Crippen LogP) is 0.682. The maximum Gasteiger partial charge on any atom is 0.304 e. The number of H-pyrrole nitrogens is 1. The lowest BCUT2D eigenvalue weighted by molar-refractivity contribution is 0.580. The highest BCUT2D eigenvalue weighted by Crippen LogP contribution is 2.15. The van der Waals surface area contributed by atoms with Crippen LogP contribution >= 0.6 is 11.3 Å². The van der Waals surface area contributed by atoms with Gasteiger partial charge in [-0.15, -0.1) is 0 Å². The Hall–Kier alpha value is -1.48. The molecule has 20 heavy (non-hydrogen) atoms. The Bertz CT molecular complexity index is 762. The molecule has 0 bridgehead atoms. The summed E-state index contributed by atoms with van der Waals surface area (Å²) in [6.07, 6.45) is 0. The van der Waals surface area contributed by atoms with E-state index in [1.165, 1.54) is 6.07 Å². The molecule has 0 saturated carbocycles. The van der Waals surface area contributed by atoms with E-state index in [-0.39, 0.29) is 22.9 Å². The number of aromatic amines is 1. The standard InChI is InChI=1S/C12H15N3O3S2/c1-8-2-3-11(4-9(8)5-13)20(17,18)14-6-10-7-19-12(16)15-10/h2-4,7,14H,5-6,13H2,1H3,(H,15,16). The molecule has 6 nitrogen and oxygen atoms in total. The van der Waals surface area contributed by atoms with Crippen molar-refractivity contribution in [2.45, 2.75) is 24.9 Å². The number of aromatic nitrogens is 1. The van der Waals surface area contributed by atoms with Crippen LogP contribution in [0.4, 0.5) is 0 Å². The first-order valence-corrected chi connectivity index (χ1v) is 8.24. The van der Waals surface area contributed by atoms with Crippen LogP contribution in [0.15, 0.2) is 33.3 Å². The van der Waals surface area contributed by atoms with Crippen molar-refractivity contribution in [2.24, 2.45) is 5.73 Å². The zero-order chi connectivity index (χ0) is 14.8. The van der Waals surface area contributed by atoms with Crippen molar-refractivity contribution in [3.8, 4) is 0 Å². The zero-order valence-corrected chi connectivity index (χ0v) is 12.5. The largest absolute Gasteiger partial charge is 0.326 e. The molecule has 0 aliphatic heterocycles. The maximum absolute atomic E-state index is 12.2.